The molecule has 0 atom stereocenters. The maximum Gasteiger partial charge on any atom is 0.158 e. The lowest BCUT2D eigenvalue weighted by Crippen LogP contribution is -2.13. The van der Waals surface area contributed by atoms with Crippen molar-refractivity contribution in [2.75, 3.05) is 0 Å². The third-order valence-corrected chi connectivity index (χ3v) is 5.16. The topological polar surface area (TPSA) is 17.1 Å². The Bertz CT molecular complexity index is 293. The summed E-state index contributed by atoms with van der Waals surface area (Å²) in [5.74, 6) is 1.93. The highest BCUT2D eigenvalue weighted by molar-refractivity contribution is 5.94. The molecule has 0 unspecified atom stereocenters. The summed E-state index contributed by atoms with van der Waals surface area (Å²) in [6.45, 7) is 4.06. The van der Waals surface area contributed by atoms with Gasteiger partial charge in [-0.25, -0.2) is 0 Å². The first kappa shape index (κ1) is 14.8. The van der Waals surface area contributed by atoms with Gasteiger partial charge in [0.15, 0.2) is 5.78 Å². The minimum absolute atomic E-state index is 0.358. The van der Waals surface area contributed by atoms with Crippen molar-refractivity contribution in [3.8, 4) is 0 Å². The highest BCUT2D eigenvalue weighted by Crippen LogP contribution is 2.30. The van der Waals surface area contributed by atoms with Crippen molar-refractivity contribution in [2.45, 2.75) is 83.5 Å². The molecule has 1 nitrogen and oxygen atoms in total. The molecule has 2 aliphatic rings. The summed E-state index contributed by atoms with van der Waals surface area (Å²) in [5, 5.41) is 0. The fraction of sp³-hybridized carbons (Fsp3) is 0.833. The Hall–Kier alpha value is -0.590. The number of carbonyl (C=O) groups excluding carboxylic acids is 1. The Labute approximate surface area is 118 Å². The fourth-order valence-electron chi connectivity index (χ4n) is 3.84. The standard InChI is InChI=1S/C18H30O/c1-15(14-17-10-6-3-7-11-17)18(19)13-12-16-8-4-2-5-9-16/h16-17H,1-14H2. The predicted octanol–water partition coefficient (Wildman–Crippen LogP) is 5.44. The minimum atomic E-state index is 0.358. The van der Waals surface area contributed by atoms with Gasteiger partial charge in [0, 0.05) is 6.42 Å². The number of allylic oxidation sites excluding steroid dienone is 1. The summed E-state index contributed by atoms with van der Waals surface area (Å²) < 4.78 is 0. The van der Waals surface area contributed by atoms with Gasteiger partial charge in [0.25, 0.3) is 0 Å². The Morgan fingerprint density at radius 2 is 1.37 bits per heavy atom. The van der Waals surface area contributed by atoms with Gasteiger partial charge in [-0.15, -0.1) is 0 Å². The van der Waals surface area contributed by atoms with Crippen LogP contribution in [0.1, 0.15) is 83.5 Å². The first-order chi connectivity index (χ1) is 9.25. The predicted molar refractivity (Wildman–Crippen MR) is 81.1 cm³/mol. The fourth-order valence-corrected chi connectivity index (χ4v) is 3.84. The molecule has 19 heavy (non-hydrogen) atoms. The van der Waals surface area contributed by atoms with Crippen molar-refractivity contribution in [1.82, 2.24) is 0 Å². The van der Waals surface area contributed by atoms with Crippen LogP contribution in [0.2, 0.25) is 0 Å². The SMILES string of the molecule is C=C(CC1CCCCC1)C(=O)CCC1CCCCC1. The van der Waals surface area contributed by atoms with Crippen molar-refractivity contribution in [2.24, 2.45) is 11.8 Å². The molecule has 0 aromatic heterocycles. The summed E-state index contributed by atoms with van der Waals surface area (Å²) in [6, 6.07) is 0. The molecule has 0 radical (unpaired) electrons. The molecule has 0 heterocycles. The van der Waals surface area contributed by atoms with E-state index in [-0.39, 0.29) is 0 Å². The van der Waals surface area contributed by atoms with Gasteiger partial charge in [-0.1, -0.05) is 70.8 Å². The molecule has 0 aromatic rings. The molecule has 1 heteroatoms. The highest BCUT2D eigenvalue weighted by Gasteiger charge is 2.19. The number of hydrogen-bond acceptors (Lipinski definition) is 1. The Kier molecular flexibility index (Phi) is 6.13. The zero-order valence-corrected chi connectivity index (χ0v) is 12.5. The number of carbonyl (C=O) groups is 1. The van der Waals surface area contributed by atoms with Gasteiger partial charge >= 0.3 is 0 Å². The number of ketones is 1. The monoisotopic (exact) mass is 262 g/mol. The lowest BCUT2D eigenvalue weighted by molar-refractivity contribution is -0.116. The molecule has 108 valence electrons. The van der Waals surface area contributed by atoms with E-state index in [0.29, 0.717) is 5.78 Å². The normalized spacial score (nSPS) is 22.3. The van der Waals surface area contributed by atoms with Crippen molar-refractivity contribution in [3.05, 3.63) is 12.2 Å². The van der Waals surface area contributed by atoms with E-state index < -0.39 is 0 Å². The smallest absolute Gasteiger partial charge is 0.158 e. The summed E-state index contributed by atoms with van der Waals surface area (Å²) in [4.78, 5) is 12.2. The summed E-state index contributed by atoms with van der Waals surface area (Å²) in [7, 11) is 0. The van der Waals surface area contributed by atoms with Crippen LogP contribution in [0.15, 0.2) is 12.2 Å². The van der Waals surface area contributed by atoms with Crippen LogP contribution in [0.5, 0.6) is 0 Å². The van der Waals surface area contributed by atoms with Crippen molar-refractivity contribution < 1.29 is 4.79 Å². The first-order valence-electron chi connectivity index (χ1n) is 8.46. The van der Waals surface area contributed by atoms with Crippen LogP contribution in [0.25, 0.3) is 0 Å². The minimum Gasteiger partial charge on any atom is -0.295 e. The van der Waals surface area contributed by atoms with Crippen molar-refractivity contribution >= 4 is 5.78 Å². The summed E-state index contributed by atoms with van der Waals surface area (Å²) in [5.41, 5.74) is 0.919. The molecule has 0 aromatic carbocycles. The molecule has 0 N–H and O–H groups in total. The van der Waals surface area contributed by atoms with E-state index in [1.165, 1.54) is 64.2 Å². The zero-order chi connectivity index (χ0) is 13.5. The van der Waals surface area contributed by atoms with E-state index in [1.54, 1.807) is 0 Å². The van der Waals surface area contributed by atoms with E-state index in [4.69, 9.17) is 0 Å². The van der Waals surface area contributed by atoms with Crippen LogP contribution in [0.4, 0.5) is 0 Å². The second-order valence-electron chi connectivity index (χ2n) is 6.78. The van der Waals surface area contributed by atoms with E-state index in [2.05, 4.69) is 6.58 Å². The number of rotatable bonds is 6. The Morgan fingerprint density at radius 1 is 0.842 bits per heavy atom. The zero-order valence-electron chi connectivity index (χ0n) is 12.5. The van der Waals surface area contributed by atoms with Gasteiger partial charge in [0.1, 0.15) is 0 Å². The number of Topliss-reactive ketones (excluding diaryl/α,β-unsaturated/α-hetero) is 1. The Balaban J connectivity index is 1.65. The third-order valence-electron chi connectivity index (χ3n) is 5.16. The molecule has 0 amide bonds. The summed E-state index contributed by atoms with van der Waals surface area (Å²) in [6.07, 6.45) is 16.4. The van der Waals surface area contributed by atoms with Crippen molar-refractivity contribution in [1.29, 1.82) is 0 Å². The lowest BCUT2D eigenvalue weighted by Gasteiger charge is -2.23. The van der Waals surface area contributed by atoms with E-state index in [1.807, 2.05) is 0 Å². The molecule has 0 aliphatic heterocycles. The van der Waals surface area contributed by atoms with Crippen LogP contribution in [0, 0.1) is 11.8 Å². The average molecular weight is 262 g/mol. The van der Waals surface area contributed by atoms with Crippen LogP contribution in [-0.2, 0) is 4.79 Å². The van der Waals surface area contributed by atoms with E-state index in [0.717, 1.165) is 36.7 Å². The van der Waals surface area contributed by atoms with Gasteiger partial charge in [0.2, 0.25) is 0 Å². The van der Waals surface area contributed by atoms with Crippen LogP contribution in [0.3, 0.4) is 0 Å². The number of hydrogen-bond donors (Lipinski definition) is 0. The maximum atomic E-state index is 12.2. The lowest BCUT2D eigenvalue weighted by atomic mass is 9.82. The molecular formula is C18H30O. The van der Waals surface area contributed by atoms with Crippen molar-refractivity contribution in [3.63, 3.8) is 0 Å². The quantitative estimate of drug-likeness (QED) is 0.582. The van der Waals surface area contributed by atoms with Gasteiger partial charge in [-0.2, -0.15) is 0 Å². The molecule has 2 fully saturated rings. The molecule has 2 aliphatic carbocycles. The van der Waals surface area contributed by atoms with Gasteiger partial charge < -0.3 is 0 Å². The van der Waals surface area contributed by atoms with E-state index in [9.17, 15) is 4.79 Å². The molecule has 0 saturated heterocycles. The first-order valence-corrected chi connectivity index (χ1v) is 8.46. The van der Waals surface area contributed by atoms with Crippen LogP contribution in [-0.4, -0.2) is 5.78 Å². The molecule has 0 spiro atoms. The largest absolute Gasteiger partial charge is 0.295 e. The van der Waals surface area contributed by atoms with Gasteiger partial charge in [0.05, 0.1) is 0 Å². The molecular weight excluding hydrogens is 232 g/mol. The maximum absolute atomic E-state index is 12.2. The molecule has 0 bridgehead atoms. The second kappa shape index (κ2) is 7.87. The van der Waals surface area contributed by atoms with Gasteiger partial charge in [-0.3, -0.25) is 4.79 Å². The van der Waals surface area contributed by atoms with Crippen LogP contribution < -0.4 is 0 Å². The Morgan fingerprint density at radius 3 is 1.95 bits per heavy atom. The van der Waals surface area contributed by atoms with E-state index >= 15 is 0 Å². The molecule has 2 rings (SSSR count). The van der Waals surface area contributed by atoms with Gasteiger partial charge in [-0.05, 0) is 30.3 Å². The van der Waals surface area contributed by atoms with Crippen LogP contribution >= 0.6 is 0 Å². The third kappa shape index (κ3) is 5.12. The average Bonchev–Trinajstić information content (AvgIpc) is 2.47. The highest BCUT2D eigenvalue weighted by atomic mass is 16.1. The second-order valence-corrected chi connectivity index (χ2v) is 6.78. The molecule has 2 saturated carbocycles. The summed E-state index contributed by atoms with van der Waals surface area (Å²) >= 11 is 0.